The average Bonchev–Trinajstić information content (AvgIpc) is 2.30. The monoisotopic (exact) mass is 288 g/mol. The van der Waals surface area contributed by atoms with Crippen LogP contribution in [0.15, 0.2) is 18.2 Å². The van der Waals surface area contributed by atoms with Crippen molar-refractivity contribution in [1.29, 1.82) is 0 Å². The van der Waals surface area contributed by atoms with Gasteiger partial charge in [-0.1, -0.05) is 43.1 Å². The highest BCUT2D eigenvalue weighted by Gasteiger charge is 2.16. The molecule has 1 unspecified atom stereocenters. The third kappa shape index (κ3) is 4.48. The third-order valence-corrected chi connectivity index (χ3v) is 3.32. The van der Waals surface area contributed by atoms with Crippen molar-refractivity contribution in [3.05, 3.63) is 33.8 Å². The van der Waals surface area contributed by atoms with Crippen molar-refractivity contribution in [1.82, 2.24) is 5.32 Å². The van der Waals surface area contributed by atoms with Crippen LogP contribution in [-0.4, -0.2) is 18.5 Å². The van der Waals surface area contributed by atoms with Crippen LogP contribution in [0.1, 0.15) is 19.4 Å². The summed E-state index contributed by atoms with van der Waals surface area (Å²) in [5.41, 5.74) is 6.69. The molecule has 0 bridgehead atoms. The highest BCUT2D eigenvalue weighted by Crippen LogP contribution is 2.21. The van der Waals surface area contributed by atoms with Crippen LogP contribution in [0.25, 0.3) is 0 Å². The molecule has 0 radical (unpaired) electrons. The van der Waals surface area contributed by atoms with Gasteiger partial charge >= 0.3 is 0 Å². The Morgan fingerprint density at radius 2 is 2.06 bits per heavy atom. The largest absolute Gasteiger partial charge is 0.354 e. The van der Waals surface area contributed by atoms with Crippen molar-refractivity contribution in [3.8, 4) is 0 Å². The Balaban J connectivity index is 2.44. The minimum absolute atomic E-state index is 0.129. The molecule has 3 nitrogen and oxygen atoms in total. The van der Waals surface area contributed by atoms with E-state index in [1.165, 1.54) is 0 Å². The molecule has 0 aliphatic heterocycles. The predicted molar refractivity (Wildman–Crippen MR) is 76.0 cm³/mol. The number of hydrogen-bond donors (Lipinski definition) is 2. The Hall–Kier alpha value is -0.770. The van der Waals surface area contributed by atoms with Crippen LogP contribution in [0, 0.1) is 5.92 Å². The molecular weight excluding hydrogens is 271 g/mol. The second-order valence-corrected chi connectivity index (χ2v) is 5.39. The lowest BCUT2D eigenvalue weighted by Gasteiger charge is -2.15. The fourth-order valence-electron chi connectivity index (χ4n) is 1.47. The highest BCUT2D eigenvalue weighted by molar-refractivity contribution is 6.35. The van der Waals surface area contributed by atoms with Gasteiger partial charge in [0.15, 0.2) is 0 Å². The van der Waals surface area contributed by atoms with E-state index < -0.39 is 6.04 Å². The lowest BCUT2D eigenvalue weighted by molar-refractivity contribution is -0.123. The van der Waals surface area contributed by atoms with Gasteiger partial charge in [-0.15, -0.1) is 0 Å². The molecule has 1 amide bonds. The number of rotatable bonds is 5. The predicted octanol–water partition coefficient (Wildman–Crippen LogP) is 2.64. The van der Waals surface area contributed by atoms with Gasteiger partial charge in [0.05, 0.1) is 6.04 Å². The van der Waals surface area contributed by atoms with Gasteiger partial charge in [-0.2, -0.15) is 0 Å². The maximum absolute atomic E-state index is 11.6. The van der Waals surface area contributed by atoms with E-state index in [0.29, 0.717) is 23.0 Å². The summed E-state index contributed by atoms with van der Waals surface area (Å²) in [5.74, 6) is -0.000735. The summed E-state index contributed by atoms with van der Waals surface area (Å²) >= 11 is 11.8. The van der Waals surface area contributed by atoms with E-state index in [2.05, 4.69) is 5.32 Å². The fourth-order valence-corrected chi connectivity index (χ4v) is 1.97. The summed E-state index contributed by atoms with van der Waals surface area (Å²) in [6, 6.07) is 4.87. The van der Waals surface area contributed by atoms with E-state index in [4.69, 9.17) is 28.9 Å². The second kappa shape index (κ2) is 6.98. The highest BCUT2D eigenvalue weighted by atomic mass is 35.5. The molecule has 18 heavy (non-hydrogen) atoms. The number of carbonyl (C=O) groups is 1. The maximum atomic E-state index is 11.6. The number of hydrogen-bond acceptors (Lipinski definition) is 2. The topological polar surface area (TPSA) is 55.1 Å². The molecular formula is C13H18Cl2N2O. The van der Waals surface area contributed by atoms with Gasteiger partial charge in [0.2, 0.25) is 5.91 Å². The number of carbonyl (C=O) groups excluding carboxylic acids is 1. The molecule has 0 fully saturated rings. The zero-order valence-corrected chi connectivity index (χ0v) is 12.1. The number of amides is 1. The van der Waals surface area contributed by atoms with Crippen molar-refractivity contribution in [3.63, 3.8) is 0 Å². The average molecular weight is 289 g/mol. The first-order valence-electron chi connectivity index (χ1n) is 5.89. The van der Waals surface area contributed by atoms with Gasteiger partial charge in [-0.25, -0.2) is 0 Å². The van der Waals surface area contributed by atoms with Crippen molar-refractivity contribution in [2.24, 2.45) is 11.7 Å². The Kier molecular flexibility index (Phi) is 5.93. The number of benzene rings is 1. The molecule has 0 aliphatic rings. The van der Waals surface area contributed by atoms with Crippen molar-refractivity contribution in [2.45, 2.75) is 26.3 Å². The molecule has 5 heteroatoms. The van der Waals surface area contributed by atoms with Crippen molar-refractivity contribution < 1.29 is 4.79 Å². The molecule has 0 saturated carbocycles. The van der Waals surface area contributed by atoms with Gasteiger partial charge in [0.25, 0.3) is 0 Å². The second-order valence-electron chi connectivity index (χ2n) is 4.55. The summed E-state index contributed by atoms with van der Waals surface area (Å²) in [6.07, 6.45) is 0.659. The zero-order chi connectivity index (χ0) is 13.7. The van der Waals surface area contributed by atoms with E-state index in [9.17, 15) is 4.79 Å². The summed E-state index contributed by atoms with van der Waals surface area (Å²) in [4.78, 5) is 11.6. The summed E-state index contributed by atoms with van der Waals surface area (Å²) in [7, 11) is 0. The van der Waals surface area contributed by atoms with Crippen molar-refractivity contribution >= 4 is 29.1 Å². The number of nitrogens with one attached hydrogen (secondary N) is 1. The molecule has 0 spiro atoms. The van der Waals surface area contributed by atoms with Crippen LogP contribution in [0.2, 0.25) is 10.0 Å². The van der Waals surface area contributed by atoms with Gasteiger partial charge in [-0.05, 0) is 30.0 Å². The van der Waals surface area contributed by atoms with Crippen LogP contribution < -0.4 is 11.1 Å². The molecule has 0 saturated heterocycles. The Labute approximate surface area is 118 Å². The molecule has 1 aromatic carbocycles. The van der Waals surface area contributed by atoms with E-state index in [1.54, 1.807) is 12.1 Å². The standard InChI is InChI=1S/C13H18Cl2N2O/c1-8(2)12(16)13(18)17-6-5-9-3-4-10(14)7-11(9)15/h3-4,7-8,12H,5-6,16H2,1-2H3,(H,17,18). The normalized spacial score (nSPS) is 12.6. The van der Waals surface area contributed by atoms with E-state index >= 15 is 0 Å². The summed E-state index contributed by atoms with van der Waals surface area (Å²) < 4.78 is 0. The molecule has 1 atom stereocenters. The Bertz CT molecular complexity index is 421. The minimum Gasteiger partial charge on any atom is -0.354 e. The summed E-state index contributed by atoms with van der Waals surface area (Å²) in [5, 5.41) is 4.02. The molecule has 0 aromatic heterocycles. The third-order valence-electron chi connectivity index (χ3n) is 2.73. The lowest BCUT2D eigenvalue weighted by atomic mass is 10.0. The smallest absolute Gasteiger partial charge is 0.237 e. The van der Waals surface area contributed by atoms with Crippen LogP contribution >= 0.6 is 23.2 Å². The fraction of sp³-hybridized carbons (Fsp3) is 0.462. The first-order chi connectivity index (χ1) is 8.41. The first kappa shape index (κ1) is 15.3. The maximum Gasteiger partial charge on any atom is 0.237 e. The first-order valence-corrected chi connectivity index (χ1v) is 6.64. The van der Waals surface area contributed by atoms with Crippen LogP contribution in [0.5, 0.6) is 0 Å². The Morgan fingerprint density at radius 1 is 1.39 bits per heavy atom. The molecule has 0 aliphatic carbocycles. The Morgan fingerprint density at radius 3 is 2.61 bits per heavy atom. The number of halogens is 2. The lowest BCUT2D eigenvalue weighted by Crippen LogP contribution is -2.44. The van der Waals surface area contributed by atoms with Gasteiger partial charge in [-0.3, -0.25) is 4.79 Å². The van der Waals surface area contributed by atoms with E-state index in [1.807, 2.05) is 19.9 Å². The van der Waals surface area contributed by atoms with Crippen LogP contribution in [0.4, 0.5) is 0 Å². The zero-order valence-electron chi connectivity index (χ0n) is 10.5. The van der Waals surface area contributed by atoms with E-state index in [0.717, 1.165) is 5.56 Å². The molecule has 1 aromatic rings. The van der Waals surface area contributed by atoms with Gasteiger partial charge in [0.1, 0.15) is 0 Å². The van der Waals surface area contributed by atoms with E-state index in [-0.39, 0.29) is 11.8 Å². The van der Waals surface area contributed by atoms with Gasteiger partial charge in [0, 0.05) is 16.6 Å². The molecule has 0 heterocycles. The molecule has 1 rings (SSSR count). The van der Waals surface area contributed by atoms with Crippen molar-refractivity contribution in [2.75, 3.05) is 6.54 Å². The van der Waals surface area contributed by atoms with Gasteiger partial charge < -0.3 is 11.1 Å². The summed E-state index contributed by atoms with van der Waals surface area (Å²) in [6.45, 7) is 4.35. The van der Waals surface area contributed by atoms with Crippen LogP contribution in [-0.2, 0) is 11.2 Å². The number of nitrogens with two attached hydrogens (primary N) is 1. The molecule has 3 N–H and O–H groups in total. The SMILES string of the molecule is CC(C)C(N)C(=O)NCCc1ccc(Cl)cc1Cl. The quantitative estimate of drug-likeness (QED) is 0.875. The molecule has 100 valence electrons. The van der Waals surface area contributed by atoms with Crippen LogP contribution in [0.3, 0.4) is 0 Å². The minimum atomic E-state index is -0.467.